The lowest BCUT2D eigenvalue weighted by atomic mass is 9.99. The molecule has 5 nitrogen and oxygen atoms in total. The summed E-state index contributed by atoms with van der Waals surface area (Å²) in [6.45, 7) is 1.43. The molecule has 5 aromatic rings. The summed E-state index contributed by atoms with van der Waals surface area (Å²) >= 11 is 0. The molecule has 1 amide bonds. The molecule has 0 fully saturated rings. The van der Waals surface area contributed by atoms with Gasteiger partial charge in [0.15, 0.2) is 0 Å². The number of carbonyl (C=O) groups excluding carboxylic acids is 1. The van der Waals surface area contributed by atoms with Crippen LogP contribution in [0.3, 0.4) is 0 Å². The minimum atomic E-state index is -0.151. The maximum Gasteiger partial charge on any atom is 0.251 e. The van der Waals surface area contributed by atoms with Crippen LogP contribution in [0.15, 0.2) is 109 Å². The molecule has 0 heterocycles. The Bertz CT molecular complexity index is 1550. The monoisotopic (exact) mass is 517 g/mol. The van der Waals surface area contributed by atoms with Crippen LogP contribution in [0, 0.1) is 0 Å². The number of phenols is 1. The molecule has 39 heavy (non-hydrogen) atoms. The molecule has 0 bridgehead atoms. The molecule has 5 rings (SSSR count). The summed E-state index contributed by atoms with van der Waals surface area (Å²) in [5.41, 5.74) is 2.98. The second-order valence-corrected chi connectivity index (χ2v) is 10.2. The lowest BCUT2D eigenvalue weighted by molar-refractivity contribution is 0.0935. The molecule has 0 aliphatic carbocycles. The number of nitrogens with one attached hydrogen (secondary N) is 3. The summed E-state index contributed by atoms with van der Waals surface area (Å²) < 4.78 is 0. The van der Waals surface area contributed by atoms with Crippen molar-refractivity contribution in [2.24, 2.45) is 0 Å². The van der Waals surface area contributed by atoms with E-state index < -0.39 is 0 Å². The number of benzene rings is 5. The van der Waals surface area contributed by atoms with Crippen LogP contribution in [0.5, 0.6) is 5.75 Å². The smallest absolute Gasteiger partial charge is 0.251 e. The fourth-order valence-corrected chi connectivity index (χ4v) is 5.13. The van der Waals surface area contributed by atoms with Crippen LogP contribution in [0.25, 0.3) is 21.5 Å². The second kappa shape index (κ2) is 12.6. The molecule has 0 saturated heterocycles. The van der Waals surface area contributed by atoms with Crippen molar-refractivity contribution in [2.75, 3.05) is 20.1 Å². The van der Waals surface area contributed by atoms with E-state index in [0.717, 1.165) is 13.0 Å². The average Bonchev–Trinajstić information content (AvgIpc) is 2.96. The van der Waals surface area contributed by atoms with Crippen LogP contribution in [0.2, 0.25) is 0 Å². The molecule has 198 valence electrons. The first-order valence-electron chi connectivity index (χ1n) is 13.5. The quantitative estimate of drug-likeness (QED) is 0.188. The number of hydrogen-bond donors (Lipinski definition) is 4. The summed E-state index contributed by atoms with van der Waals surface area (Å²) in [4.78, 5) is 13.1. The summed E-state index contributed by atoms with van der Waals surface area (Å²) in [5.74, 6) is -0.00758. The van der Waals surface area contributed by atoms with E-state index in [1.807, 2.05) is 19.2 Å². The number of rotatable bonds is 11. The third-order valence-electron chi connectivity index (χ3n) is 7.16. The van der Waals surface area contributed by atoms with Gasteiger partial charge in [0.1, 0.15) is 5.75 Å². The predicted octanol–water partition coefficient (Wildman–Crippen LogP) is 5.46. The molecule has 0 aliphatic heterocycles. The Morgan fingerprint density at radius 2 is 1.21 bits per heavy atom. The van der Waals surface area contributed by atoms with Crippen LogP contribution in [-0.2, 0) is 12.8 Å². The highest BCUT2D eigenvalue weighted by atomic mass is 16.3. The Hall–Kier alpha value is -4.19. The number of hydrogen-bond acceptors (Lipinski definition) is 4. The van der Waals surface area contributed by atoms with Gasteiger partial charge in [-0.2, -0.15) is 0 Å². The Labute approximate surface area is 229 Å². The minimum Gasteiger partial charge on any atom is -0.508 e. The molecule has 0 spiro atoms. The van der Waals surface area contributed by atoms with Crippen molar-refractivity contribution < 1.29 is 9.90 Å². The van der Waals surface area contributed by atoms with Crippen LogP contribution >= 0.6 is 0 Å². The van der Waals surface area contributed by atoms with Crippen molar-refractivity contribution in [3.63, 3.8) is 0 Å². The van der Waals surface area contributed by atoms with Crippen LogP contribution in [0.4, 0.5) is 0 Å². The lowest BCUT2D eigenvalue weighted by Gasteiger charge is -2.25. The van der Waals surface area contributed by atoms with E-state index in [2.05, 4.69) is 88.7 Å². The zero-order chi connectivity index (χ0) is 27.0. The molecule has 0 radical (unpaired) electrons. The lowest BCUT2D eigenvalue weighted by Crippen LogP contribution is -2.48. The number of fused-ring (bicyclic) bond motifs is 2. The SMILES string of the molecule is CNC[C@H](Cc1ccc2ccccc2c1)NC[C@H](Cc1ccc2ccccc2c1)NC(=O)c1ccc(O)cc1. The minimum absolute atomic E-state index is 0.122. The van der Waals surface area contributed by atoms with Crippen molar-refractivity contribution in [3.8, 4) is 5.75 Å². The van der Waals surface area contributed by atoms with E-state index in [4.69, 9.17) is 0 Å². The highest BCUT2D eigenvalue weighted by Gasteiger charge is 2.18. The zero-order valence-electron chi connectivity index (χ0n) is 22.2. The largest absolute Gasteiger partial charge is 0.508 e. The first-order valence-corrected chi connectivity index (χ1v) is 13.5. The zero-order valence-corrected chi connectivity index (χ0v) is 22.2. The van der Waals surface area contributed by atoms with Gasteiger partial charge >= 0.3 is 0 Å². The van der Waals surface area contributed by atoms with Gasteiger partial charge in [0.25, 0.3) is 5.91 Å². The van der Waals surface area contributed by atoms with E-state index in [1.54, 1.807) is 12.1 Å². The number of aromatic hydroxyl groups is 1. The summed E-state index contributed by atoms with van der Waals surface area (Å²) in [6, 6.07) is 36.3. The molecule has 0 unspecified atom stereocenters. The maximum absolute atomic E-state index is 13.1. The molecule has 0 saturated carbocycles. The fourth-order valence-electron chi connectivity index (χ4n) is 5.13. The molecule has 4 N–H and O–H groups in total. The highest BCUT2D eigenvalue weighted by molar-refractivity contribution is 5.94. The van der Waals surface area contributed by atoms with Crippen molar-refractivity contribution in [1.82, 2.24) is 16.0 Å². The fraction of sp³-hybridized carbons (Fsp3) is 0.206. The molecule has 5 heteroatoms. The summed E-state index contributed by atoms with van der Waals surface area (Å²) in [5, 5.41) is 24.8. The summed E-state index contributed by atoms with van der Waals surface area (Å²) in [7, 11) is 1.97. The molecule has 5 aromatic carbocycles. The summed E-state index contributed by atoms with van der Waals surface area (Å²) in [6.07, 6.45) is 1.57. The third kappa shape index (κ3) is 7.02. The van der Waals surface area contributed by atoms with E-state index >= 15 is 0 Å². The first-order chi connectivity index (χ1) is 19.1. The van der Waals surface area contributed by atoms with Gasteiger partial charge in [0.2, 0.25) is 0 Å². The van der Waals surface area contributed by atoms with Crippen molar-refractivity contribution in [3.05, 3.63) is 126 Å². The normalized spacial score (nSPS) is 12.8. The van der Waals surface area contributed by atoms with Crippen molar-refractivity contribution in [2.45, 2.75) is 24.9 Å². The third-order valence-corrected chi connectivity index (χ3v) is 7.16. The topological polar surface area (TPSA) is 73.4 Å². The van der Waals surface area contributed by atoms with Crippen LogP contribution in [-0.4, -0.2) is 43.2 Å². The van der Waals surface area contributed by atoms with Gasteiger partial charge in [-0.25, -0.2) is 0 Å². The van der Waals surface area contributed by atoms with E-state index in [9.17, 15) is 9.90 Å². The number of amides is 1. The van der Waals surface area contributed by atoms with Gasteiger partial charge < -0.3 is 21.1 Å². The van der Waals surface area contributed by atoms with Gasteiger partial charge in [0, 0.05) is 30.7 Å². The molecule has 0 aliphatic rings. The predicted molar refractivity (Wildman–Crippen MR) is 160 cm³/mol. The van der Waals surface area contributed by atoms with Crippen LogP contribution < -0.4 is 16.0 Å². The van der Waals surface area contributed by atoms with Crippen molar-refractivity contribution in [1.29, 1.82) is 0 Å². The van der Waals surface area contributed by atoms with Gasteiger partial charge in [0.05, 0.1) is 0 Å². The second-order valence-electron chi connectivity index (χ2n) is 10.2. The van der Waals surface area contributed by atoms with Gasteiger partial charge in [-0.3, -0.25) is 4.79 Å². The first kappa shape index (κ1) is 26.4. The average molecular weight is 518 g/mol. The maximum atomic E-state index is 13.1. The van der Waals surface area contributed by atoms with Crippen LogP contribution in [0.1, 0.15) is 21.5 Å². The van der Waals surface area contributed by atoms with E-state index in [1.165, 1.54) is 44.8 Å². The Kier molecular flexibility index (Phi) is 8.51. The number of carbonyl (C=O) groups is 1. The Morgan fingerprint density at radius 3 is 1.77 bits per heavy atom. The standard InChI is InChI=1S/C34H35N3O2/c1-35-22-31(20-24-10-12-26-6-2-4-8-29(26)18-24)36-23-32(37-34(39)28-14-16-33(38)17-15-28)21-25-11-13-27-7-3-5-9-30(27)19-25/h2-19,31-32,35-36,38H,20-23H2,1H3,(H,37,39)/t31-,32-/m0/s1. The number of phenolic OH excluding ortho intramolecular Hbond substituents is 1. The van der Waals surface area contributed by atoms with Gasteiger partial charge in [-0.05, 0) is 76.8 Å². The molecule has 2 atom stereocenters. The highest BCUT2D eigenvalue weighted by Crippen LogP contribution is 2.19. The van der Waals surface area contributed by atoms with Crippen molar-refractivity contribution >= 4 is 27.5 Å². The Balaban J connectivity index is 1.32. The Morgan fingerprint density at radius 1 is 0.667 bits per heavy atom. The number of likely N-dealkylation sites (N-methyl/N-ethyl adjacent to an activating group) is 1. The van der Waals surface area contributed by atoms with E-state index in [-0.39, 0.29) is 23.7 Å². The van der Waals surface area contributed by atoms with Gasteiger partial charge in [-0.1, -0.05) is 84.9 Å². The molecule has 0 aromatic heterocycles. The van der Waals surface area contributed by atoms with E-state index in [0.29, 0.717) is 18.5 Å². The molecular weight excluding hydrogens is 482 g/mol. The van der Waals surface area contributed by atoms with Gasteiger partial charge in [-0.15, -0.1) is 0 Å². The molecular formula is C34H35N3O2.